The van der Waals surface area contributed by atoms with Crippen LogP contribution >= 0.6 is 0 Å². The minimum atomic E-state index is -3.67. The van der Waals surface area contributed by atoms with E-state index in [-0.39, 0.29) is 17.5 Å². The molecule has 2 fully saturated rings. The monoisotopic (exact) mass is 346 g/mol. The van der Waals surface area contributed by atoms with Crippen molar-refractivity contribution in [2.45, 2.75) is 11.8 Å². The van der Waals surface area contributed by atoms with Gasteiger partial charge in [-0.05, 0) is 13.1 Å². The maximum Gasteiger partial charge on any atom is 0.218 e. The molecule has 3 rings (SSSR count). The van der Waals surface area contributed by atoms with E-state index in [1.165, 1.54) is 10.4 Å². The van der Waals surface area contributed by atoms with Gasteiger partial charge in [0.2, 0.25) is 10.0 Å². The van der Waals surface area contributed by atoms with E-state index < -0.39 is 27.4 Å². The predicted molar refractivity (Wildman–Crippen MR) is 81.3 cm³/mol. The Balaban J connectivity index is 1.81. The zero-order valence-electron chi connectivity index (χ0n) is 12.9. The van der Waals surface area contributed by atoms with Crippen molar-refractivity contribution in [1.82, 2.24) is 9.21 Å². The van der Waals surface area contributed by atoms with Gasteiger partial charge in [0, 0.05) is 43.2 Å². The summed E-state index contributed by atoms with van der Waals surface area (Å²) in [5.74, 6) is -1.90. The molecule has 2 heterocycles. The van der Waals surface area contributed by atoms with Crippen molar-refractivity contribution in [2.75, 3.05) is 39.9 Å². The lowest BCUT2D eigenvalue weighted by atomic mass is 10.1. The summed E-state index contributed by atoms with van der Waals surface area (Å²) < 4.78 is 59.1. The minimum Gasteiger partial charge on any atom is -0.379 e. The molecular weight excluding hydrogens is 326 g/mol. The average molecular weight is 346 g/mol. The van der Waals surface area contributed by atoms with E-state index >= 15 is 0 Å². The van der Waals surface area contributed by atoms with E-state index in [9.17, 15) is 17.2 Å². The van der Waals surface area contributed by atoms with E-state index in [1.807, 2.05) is 7.05 Å². The van der Waals surface area contributed by atoms with Gasteiger partial charge in [0.1, 0.15) is 11.6 Å². The zero-order chi connectivity index (χ0) is 16.6. The fourth-order valence-electron chi connectivity index (χ4n) is 3.16. The molecule has 8 heteroatoms. The molecule has 0 aliphatic carbocycles. The van der Waals surface area contributed by atoms with Gasteiger partial charge in [-0.2, -0.15) is 4.31 Å². The van der Waals surface area contributed by atoms with Gasteiger partial charge in [-0.1, -0.05) is 6.07 Å². The number of hydrogen-bond donors (Lipinski definition) is 0. The van der Waals surface area contributed by atoms with Crippen LogP contribution in [0.15, 0.2) is 18.2 Å². The summed E-state index contributed by atoms with van der Waals surface area (Å²) in [6.45, 7) is 2.49. The quantitative estimate of drug-likeness (QED) is 0.821. The highest BCUT2D eigenvalue weighted by atomic mass is 32.2. The first-order valence-electron chi connectivity index (χ1n) is 7.55. The third-order valence-corrected chi connectivity index (χ3v) is 6.22. The van der Waals surface area contributed by atoms with Gasteiger partial charge in [-0.15, -0.1) is 0 Å². The van der Waals surface area contributed by atoms with Gasteiger partial charge in [0.15, 0.2) is 0 Å². The number of sulfonamides is 1. The Labute approximate surface area is 134 Å². The molecule has 128 valence electrons. The van der Waals surface area contributed by atoms with Gasteiger partial charge in [0.05, 0.1) is 19.0 Å². The number of fused-ring (bicyclic) bond motifs is 3. The maximum absolute atomic E-state index is 13.8. The standard InChI is InChI=1S/C15H20F2N2O3S/c1-18-5-11-6-19(7-14(18)9-22-8-11)23(20,21)10-12-2-3-13(16)4-15(12)17/h2-4,11,14H,5-10H2,1H3/t11-,14+/m1/s1. The van der Waals surface area contributed by atoms with Crippen molar-refractivity contribution in [3.8, 4) is 0 Å². The molecule has 1 aromatic carbocycles. The molecule has 0 unspecified atom stereocenters. The Hall–Kier alpha value is -1.09. The van der Waals surface area contributed by atoms with Crippen molar-refractivity contribution < 1.29 is 21.9 Å². The van der Waals surface area contributed by atoms with Crippen LogP contribution in [-0.4, -0.2) is 63.6 Å². The van der Waals surface area contributed by atoms with Crippen LogP contribution in [0.4, 0.5) is 8.78 Å². The molecule has 0 amide bonds. The molecule has 0 radical (unpaired) electrons. The summed E-state index contributed by atoms with van der Waals surface area (Å²) in [7, 11) is -1.71. The second-order valence-corrected chi connectivity index (χ2v) is 8.27. The molecule has 0 N–H and O–H groups in total. The normalized spacial score (nSPS) is 26.9. The third-order valence-electron chi connectivity index (χ3n) is 4.46. The molecule has 2 saturated heterocycles. The molecule has 2 aliphatic rings. The van der Waals surface area contributed by atoms with Crippen LogP contribution in [0.25, 0.3) is 0 Å². The molecule has 2 atom stereocenters. The highest BCUT2D eigenvalue weighted by molar-refractivity contribution is 7.88. The lowest BCUT2D eigenvalue weighted by Gasteiger charge is -2.29. The maximum atomic E-state index is 13.8. The Morgan fingerprint density at radius 3 is 2.74 bits per heavy atom. The van der Waals surface area contributed by atoms with Crippen LogP contribution in [0, 0.1) is 17.6 Å². The van der Waals surface area contributed by atoms with Crippen LogP contribution in [-0.2, 0) is 20.5 Å². The van der Waals surface area contributed by atoms with E-state index in [4.69, 9.17) is 4.74 Å². The Bertz CT molecular complexity index is 683. The molecule has 2 bridgehead atoms. The Morgan fingerprint density at radius 1 is 1.22 bits per heavy atom. The molecule has 0 saturated carbocycles. The minimum absolute atomic E-state index is 0.00432. The number of ether oxygens (including phenoxy) is 1. The first-order valence-corrected chi connectivity index (χ1v) is 9.16. The van der Waals surface area contributed by atoms with Crippen LogP contribution in [0.1, 0.15) is 5.56 Å². The second-order valence-electron chi connectivity index (χ2n) is 6.31. The molecule has 0 spiro atoms. The first-order chi connectivity index (χ1) is 10.8. The van der Waals surface area contributed by atoms with Crippen molar-refractivity contribution in [2.24, 2.45) is 5.92 Å². The van der Waals surface area contributed by atoms with Crippen molar-refractivity contribution >= 4 is 10.0 Å². The molecular formula is C15H20F2N2O3S. The summed E-state index contributed by atoms with van der Waals surface area (Å²) >= 11 is 0. The van der Waals surface area contributed by atoms with Gasteiger partial charge in [0.25, 0.3) is 0 Å². The first kappa shape index (κ1) is 16.8. The highest BCUT2D eigenvalue weighted by Crippen LogP contribution is 2.23. The van der Waals surface area contributed by atoms with Gasteiger partial charge in [-0.25, -0.2) is 17.2 Å². The Morgan fingerprint density at radius 2 is 2.00 bits per heavy atom. The van der Waals surface area contributed by atoms with Gasteiger partial charge >= 0.3 is 0 Å². The predicted octanol–water partition coefficient (Wildman–Crippen LogP) is 1.06. The number of rotatable bonds is 3. The summed E-state index contributed by atoms with van der Waals surface area (Å²) in [6.07, 6.45) is 0. The average Bonchev–Trinajstić information content (AvgIpc) is 2.70. The number of likely N-dealkylation sites (N-methyl/N-ethyl adjacent to an activating group) is 1. The van der Waals surface area contributed by atoms with Crippen LogP contribution < -0.4 is 0 Å². The lowest BCUT2D eigenvalue weighted by Crippen LogP contribution is -2.45. The van der Waals surface area contributed by atoms with Crippen molar-refractivity contribution in [3.63, 3.8) is 0 Å². The second kappa shape index (κ2) is 6.43. The molecule has 1 aromatic rings. The number of benzene rings is 1. The summed E-state index contributed by atoms with van der Waals surface area (Å²) in [4.78, 5) is 2.12. The summed E-state index contributed by atoms with van der Waals surface area (Å²) in [5, 5.41) is 0. The van der Waals surface area contributed by atoms with Crippen molar-refractivity contribution in [1.29, 1.82) is 0 Å². The van der Waals surface area contributed by atoms with Crippen molar-refractivity contribution in [3.05, 3.63) is 35.4 Å². The van der Waals surface area contributed by atoms with E-state index in [0.29, 0.717) is 32.4 Å². The molecule has 0 aromatic heterocycles. The van der Waals surface area contributed by atoms with Crippen LogP contribution in [0.3, 0.4) is 0 Å². The van der Waals surface area contributed by atoms with E-state index in [0.717, 1.165) is 12.6 Å². The smallest absolute Gasteiger partial charge is 0.218 e. The van der Waals surface area contributed by atoms with Gasteiger partial charge in [-0.3, -0.25) is 4.90 Å². The van der Waals surface area contributed by atoms with Crippen LogP contribution in [0.5, 0.6) is 0 Å². The van der Waals surface area contributed by atoms with E-state index in [2.05, 4.69) is 4.90 Å². The SMILES string of the molecule is CN1C[C@H]2COC[C@@H]1CN(S(=O)(=O)Cc1ccc(F)cc1F)C2. The summed E-state index contributed by atoms with van der Waals surface area (Å²) in [6, 6.07) is 2.97. The zero-order valence-corrected chi connectivity index (χ0v) is 13.7. The molecule has 23 heavy (non-hydrogen) atoms. The number of hydrogen-bond acceptors (Lipinski definition) is 4. The van der Waals surface area contributed by atoms with Gasteiger partial charge < -0.3 is 4.74 Å². The lowest BCUT2D eigenvalue weighted by molar-refractivity contribution is 0.0727. The largest absolute Gasteiger partial charge is 0.379 e. The fourth-order valence-corrected chi connectivity index (χ4v) is 4.81. The van der Waals surface area contributed by atoms with E-state index in [1.54, 1.807) is 0 Å². The topological polar surface area (TPSA) is 49.9 Å². The molecule has 2 aliphatic heterocycles. The van der Waals surface area contributed by atoms with Crippen LogP contribution in [0.2, 0.25) is 0 Å². The summed E-state index contributed by atoms with van der Waals surface area (Å²) in [5.41, 5.74) is -0.00888. The fraction of sp³-hybridized carbons (Fsp3) is 0.600. The third kappa shape index (κ3) is 3.71. The highest BCUT2D eigenvalue weighted by Gasteiger charge is 2.36. The number of halogens is 2. The number of nitrogens with zero attached hydrogens (tertiary/aromatic N) is 2. The Kier molecular flexibility index (Phi) is 4.68. The molecule has 5 nitrogen and oxygen atoms in total.